The molecule has 0 aromatic heterocycles. The Hall–Kier alpha value is -0.200. The van der Waals surface area contributed by atoms with Gasteiger partial charge < -0.3 is 0 Å². The zero-order valence-corrected chi connectivity index (χ0v) is 7.79. The lowest BCUT2D eigenvalue weighted by Crippen LogP contribution is -2.19. The highest BCUT2D eigenvalue weighted by Crippen LogP contribution is 2.20. The molecule has 2 heteroatoms. The molecule has 0 saturated carbocycles. The summed E-state index contributed by atoms with van der Waals surface area (Å²) in [5.74, 6) is 0. The highest BCUT2D eigenvalue weighted by molar-refractivity contribution is 7.78. The molecule has 0 heterocycles. The predicted molar refractivity (Wildman–Crippen MR) is 48.6 cm³/mol. The summed E-state index contributed by atoms with van der Waals surface area (Å²) in [6, 6.07) is 0. The fourth-order valence-corrected chi connectivity index (χ4v) is 1.18. The number of thiocarbonyl (C=S) groups is 1. The summed E-state index contributed by atoms with van der Waals surface area (Å²) >= 11 is 4.56. The SMILES string of the molecule is CCCC(C)(CC)N=C=S. The first-order valence-electron chi connectivity index (χ1n) is 3.77. The minimum absolute atomic E-state index is 0.0521. The van der Waals surface area contributed by atoms with Crippen molar-refractivity contribution in [1.29, 1.82) is 0 Å². The summed E-state index contributed by atoms with van der Waals surface area (Å²) in [6.45, 7) is 6.41. The second kappa shape index (κ2) is 4.59. The van der Waals surface area contributed by atoms with Crippen molar-refractivity contribution in [2.45, 2.75) is 45.6 Å². The standard InChI is InChI=1S/C8H15NS/c1-4-6-8(3,5-2)9-7-10/h4-6H2,1-3H3. The van der Waals surface area contributed by atoms with Crippen LogP contribution in [0.3, 0.4) is 0 Å². The molecule has 1 nitrogen and oxygen atoms in total. The molecular weight excluding hydrogens is 142 g/mol. The van der Waals surface area contributed by atoms with Crippen molar-refractivity contribution in [3.63, 3.8) is 0 Å². The Balaban J connectivity index is 4.07. The fraction of sp³-hybridized carbons (Fsp3) is 0.875. The third-order valence-electron chi connectivity index (χ3n) is 1.87. The van der Waals surface area contributed by atoms with Gasteiger partial charge in [-0.2, -0.15) is 0 Å². The van der Waals surface area contributed by atoms with E-state index in [9.17, 15) is 0 Å². The summed E-state index contributed by atoms with van der Waals surface area (Å²) in [4.78, 5) is 4.13. The normalized spacial score (nSPS) is 15.5. The Bertz CT molecular complexity index is 138. The van der Waals surface area contributed by atoms with E-state index in [2.05, 4.69) is 43.1 Å². The molecule has 0 bridgehead atoms. The van der Waals surface area contributed by atoms with E-state index in [-0.39, 0.29) is 5.54 Å². The summed E-state index contributed by atoms with van der Waals surface area (Å²) in [6.07, 6.45) is 3.31. The van der Waals surface area contributed by atoms with Crippen LogP contribution in [0.1, 0.15) is 40.0 Å². The molecule has 58 valence electrons. The van der Waals surface area contributed by atoms with Gasteiger partial charge in [0.1, 0.15) is 0 Å². The molecule has 0 amide bonds. The zero-order chi connectivity index (χ0) is 8.04. The van der Waals surface area contributed by atoms with Gasteiger partial charge >= 0.3 is 0 Å². The Morgan fingerprint density at radius 3 is 2.40 bits per heavy atom. The molecule has 0 aromatic rings. The van der Waals surface area contributed by atoms with Crippen molar-refractivity contribution in [3.05, 3.63) is 0 Å². The molecule has 0 aromatic carbocycles. The minimum Gasteiger partial charge on any atom is -0.226 e. The van der Waals surface area contributed by atoms with E-state index in [1.165, 1.54) is 0 Å². The molecule has 0 saturated heterocycles. The van der Waals surface area contributed by atoms with Crippen LogP contribution in [-0.2, 0) is 0 Å². The van der Waals surface area contributed by atoms with Gasteiger partial charge in [0, 0.05) is 0 Å². The van der Waals surface area contributed by atoms with Crippen LogP contribution >= 0.6 is 12.2 Å². The number of rotatable bonds is 4. The average Bonchev–Trinajstić information content (AvgIpc) is 1.89. The molecule has 0 aliphatic carbocycles. The molecule has 0 rings (SSSR count). The minimum atomic E-state index is 0.0521. The fourth-order valence-electron chi connectivity index (χ4n) is 0.961. The van der Waals surface area contributed by atoms with Gasteiger partial charge in [-0.3, -0.25) is 0 Å². The van der Waals surface area contributed by atoms with Crippen molar-refractivity contribution in [3.8, 4) is 0 Å². The van der Waals surface area contributed by atoms with Crippen LogP contribution in [0.2, 0.25) is 0 Å². The second-order valence-corrected chi connectivity index (χ2v) is 2.99. The Morgan fingerprint density at radius 2 is 2.10 bits per heavy atom. The number of aliphatic imine (C=N–C) groups is 1. The Kier molecular flexibility index (Phi) is 4.50. The van der Waals surface area contributed by atoms with Gasteiger partial charge in [0.15, 0.2) is 0 Å². The monoisotopic (exact) mass is 157 g/mol. The molecule has 1 unspecified atom stereocenters. The van der Waals surface area contributed by atoms with Crippen LogP contribution in [0, 0.1) is 0 Å². The lowest BCUT2D eigenvalue weighted by molar-refractivity contribution is 0.419. The topological polar surface area (TPSA) is 12.4 Å². The van der Waals surface area contributed by atoms with E-state index < -0.39 is 0 Å². The van der Waals surface area contributed by atoms with Crippen molar-refractivity contribution in [2.24, 2.45) is 4.99 Å². The number of nitrogens with zero attached hydrogens (tertiary/aromatic N) is 1. The van der Waals surface area contributed by atoms with Crippen molar-refractivity contribution in [1.82, 2.24) is 0 Å². The number of hydrogen-bond donors (Lipinski definition) is 0. The average molecular weight is 157 g/mol. The highest BCUT2D eigenvalue weighted by Gasteiger charge is 2.17. The first-order chi connectivity index (χ1) is 4.68. The molecule has 0 spiro atoms. The van der Waals surface area contributed by atoms with Crippen molar-refractivity contribution >= 4 is 17.4 Å². The van der Waals surface area contributed by atoms with Crippen LogP contribution < -0.4 is 0 Å². The quantitative estimate of drug-likeness (QED) is 0.451. The summed E-state index contributed by atoms with van der Waals surface area (Å²) in [5, 5.41) is 2.45. The van der Waals surface area contributed by atoms with Gasteiger partial charge in [-0.15, -0.1) is 0 Å². The van der Waals surface area contributed by atoms with E-state index >= 15 is 0 Å². The summed E-state index contributed by atoms with van der Waals surface area (Å²) in [5.41, 5.74) is 0.0521. The molecule has 0 radical (unpaired) electrons. The Labute approximate surface area is 68.5 Å². The van der Waals surface area contributed by atoms with Crippen LogP contribution in [-0.4, -0.2) is 10.7 Å². The van der Waals surface area contributed by atoms with E-state index in [1.54, 1.807) is 0 Å². The van der Waals surface area contributed by atoms with Crippen LogP contribution in [0.15, 0.2) is 4.99 Å². The van der Waals surface area contributed by atoms with Crippen molar-refractivity contribution in [2.75, 3.05) is 0 Å². The molecule has 0 aliphatic heterocycles. The van der Waals surface area contributed by atoms with Gasteiger partial charge in [-0.1, -0.05) is 20.3 Å². The van der Waals surface area contributed by atoms with Gasteiger partial charge in [0.05, 0.1) is 10.7 Å². The van der Waals surface area contributed by atoms with Crippen LogP contribution in [0.4, 0.5) is 0 Å². The zero-order valence-electron chi connectivity index (χ0n) is 6.98. The summed E-state index contributed by atoms with van der Waals surface area (Å²) in [7, 11) is 0. The highest BCUT2D eigenvalue weighted by atomic mass is 32.1. The maximum absolute atomic E-state index is 4.56. The van der Waals surface area contributed by atoms with E-state index in [0.29, 0.717) is 0 Å². The molecule has 10 heavy (non-hydrogen) atoms. The van der Waals surface area contributed by atoms with Gasteiger partial charge in [-0.25, -0.2) is 4.99 Å². The first kappa shape index (κ1) is 9.80. The third-order valence-corrected chi connectivity index (χ3v) is 1.96. The van der Waals surface area contributed by atoms with Crippen molar-refractivity contribution < 1.29 is 0 Å². The molecule has 1 atom stereocenters. The maximum Gasteiger partial charge on any atom is 0.0680 e. The summed E-state index contributed by atoms with van der Waals surface area (Å²) < 4.78 is 0. The van der Waals surface area contributed by atoms with E-state index in [4.69, 9.17) is 0 Å². The first-order valence-corrected chi connectivity index (χ1v) is 4.18. The third kappa shape index (κ3) is 3.09. The van der Waals surface area contributed by atoms with Crippen LogP contribution in [0.5, 0.6) is 0 Å². The van der Waals surface area contributed by atoms with Crippen LogP contribution in [0.25, 0.3) is 0 Å². The maximum atomic E-state index is 4.56. The van der Waals surface area contributed by atoms with Gasteiger partial charge in [-0.05, 0) is 32.0 Å². The molecular formula is C8H15NS. The second-order valence-electron chi connectivity index (χ2n) is 2.80. The molecule has 0 N–H and O–H groups in total. The lowest BCUT2D eigenvalue weighted by Gasteiger charge is -2.20. The van der Waals surface area contributed by atoms with E-state index in [0.717, 1.165) is 19.3 Å². The lowest BCUT2D eigenvalue weighted by atomic mass is 9.94. The van der Waals surface area contributed by atoms with Gasteiger partial charge in [0.2, 0.25) is 0 Å². The molecule has 0 aliphatic rings. The predicted octanol–water partition coefficient (Wildman–Crippen LogP) is 3.06. The largest absolute Gasteiger partial charge is 0.226 e. The van der Waals surface area contributed by atoms with E-state index in [1.807, 2.05) is 0 Å². The number of isothiocyanates is 1. The van der Waals surface area contributed by atoms with Gasteiger partial charge in [0.25, 0.3) is 0 Å². The molecule has 0 fully saturated rings. The number of hydrogen-bond acceptors (Lipinski definition) is 2. The Morgan fingerprint density at radius 1 is 1.50 bits per heavy atom. The smallest absolute Gasteiger partial charge is 0.0680 e.